The summed E-state index contributed by atoms with van der Waals surface area (Å²) >= 11 is 7.67. The first-order valence-electron chi connectivity index (χ1n) is 5.40. The van der Waals surface area contributed by atoms with Crippen LogP contribution in [-0.4, -0.2) is 24.3 Å². The lowest BCUT2D eigenvalue weighted by atomic mass is 10.4. The summed E-state index contributed by atoms with van der Waals surface area (Å²) in [5.41, 5.74) is -0.165. The van der Waals surface area contributed by atoms with Gasteiger partial charge in [-0.25, -0.2) is 14.6 Å². The van der Waals surface area contributed by atoms with E-state index in [0.717, 1.165) is 18.8 Å². The molecule has 0 unspecified atom stereocenters. The van der Waals surface area contributed by atoms with Crippen molar-refractivity contribution in [2.75, 3.05) is 0 Å². The maximum absolute atomic E-state index is 12.0. The van der Waals surface area contributed by atoms with E-state index in [9.17, 15) is 4.79 Å². The molecule has 2 heterocycles. The molecule has 6 nitrogen and oxygen atoms in total. The van der Waals surface area contributed by atoms with Crippen LogP contribution in [0.5, 0.6) is 0 Å². The summed E-state index contributed by atoms with van der Waals surface area (Å²) < 4.78 is 3.68. The lowest BCUT2D eigenvalue weighted by molar-refractivity contribution is 0.547. The van der Waals surface area contributed by atoms with Gasteiger partial charge in [0.2, 0.25) is 0 Å². The number of aryl methyl sites for hydroxylation is 1. The Morgan fingerprint density at radius 3 is 2.94 bits per heavy atom. The highest BCUT2D eigenvalue weighted by molar-refractivity contribution is 14.1. The molecular formula is C10H11ClIN5O. The Balaban J connectivity index is 2.32. The molecule has 0 spiro atoms. The van der Waals surface area contributed by atoms with Crippen molar-refractivity contribution in [3.8, 4) is 0 Å². The van der Waals surface area contributed by atoms with Crippen LogP contribution in [0.15, 0.2) is 17.4 Å². The van der Waals surface area contributed by atoms with Crippen LogP contribution < -0.4 is 5.56 Å². The lowest BCUT2D eigenvalue weighted by Crippen LogP contribution is -2.25. The molecule has 2 aromatic rings. The van der Waals surface area contributed by atoms with E-state index in [-0.39, 0.29) is 10.7 Å². The van der Waals surface area contributed by atoms with E-state index in [0.29, 0.717) is 10.1 Å². The molecule has 0 bridgehead atoms. The van der Waals surface area contributed by atoms with Gasteiger partial charge in [-0.3, -0.25) is 9.36 Å². The second-order valence-corrected chi connectivity index (χ2v) is 5.12. The normalized spacial score (nSPS) is 10.8. The largest absolute Gasteiger partial charge is 0.291 e. The van der Waals surface area contributed by atoms with Gasteiger partial charge in [0.25, 0.3) is 5.56 Å². The quantitative estimate of drug-likeness (QED) is 0.597. The van der Waals surface area contributed by atoms with Gasteiger partial charge < -0.3 is 0 Å². The standard InChI is InChI=1S/C10H11ClIN5O/c1-2-3-17-7(13-5-15-17)4-16-6-14-9(11)8(12)10(16)18/h5-6H,2-4H2,1H3. The Kier molecular flexibility index (Phi) is 4.33. The van der Waals surface area contributed by atoms with E-state index in [4.69, 9.17) is 11.6 Å². The van der Waals surface area contributed by atoms with Crippen molar-refractivity contribution in [3.05, 3.63) is 37.6 Å². The number of nitrogens with zero attached hydrogens (tertiary/aromatic N) is 5. The second kappa shape index (κ2) is 5.79. The van der Waals surface area contributed by atoms with Gasteiger partial charge in [0.1, 0.15) is 20.9 Å². The average Bonchev–Trinajstić information content (AvgIpc) is 2.78. The molecule has 0 amide bonds. The highest BCUT2D eigenvalue weighted by atomic mass is 127. The molecule has 0 aromatic carbocycles. The van der Waals surface area contributed by atoms with Crippen LogP contribution in [0.3, 0.4) is 0 Å². The zero-order valence-electron chi connectivity index (χ0n) is 9.68. The van der Waals surface area contributed by atoms with Gasteiger partial charge in [-0.05, 0) is 29.0 Å². The molecule has 0 saturated heterocycles. The summed E-state index contributed by atoms with van der Waals surface area (Å²) in [7, 11) is 0. The fourth-order valence-corrected chi connectivity index (χ4v) is 2.09. The molecule has 96 valence electrons. The molecule has 0 aliphatic carbocycles. The van der Waals surface area contributed by atoms with E-state index in [1.54, 1.807) is 4.68 Å². The Morgan fingerprint density at radius 2 is 2.22 bits per heavy atom. The summed E-state index contributed by atoms with van der Waals surface area (Å²) in [6.45, 7) is 3.19. The summed E-state index contributed by atoms with van der Waals surface area (Å²) in [5, 5.41) is 4.34. The van der Waals surface area contributed by atoms with Crippen molar-refractivity contribution in [1.82, 2.24) is 24.3 Å². The van der Waals surface area contributed by atoms with Crippen molar-refractivity contribution in [3.63, 3.8) is 0 Å². The maximum atomic E-state index is 12.0. The smallest absolute Gasteiger partial charge is 0.268 e. The Hall–Kier alpha value is -0.960. The molecule has 0 saturated carbocycles. The van der Waals surface area contributed by atoms with Crippen LogP contribution >= 0.6 is 34.2 Å². The zero-order valence-corrected chi connectivity index (χ0v) is 12.6. The predicted octanol–water partition coefficient (Wildman–Crippen LogP) is 1.55. The molecule has 0 aliphatic rings. The van der Waals surface area contributed by atoms with Crippen molar-refractivity contribution < 1.29 is 0 Å². The maximum Gasteiger partial charge on any atom is 0.268 e. The molecule has 0 aliphatic heterocycles. The minimum absolute atomic E-state index is 0.165. The number of hydrogen-bond acceptors (Lipinski definition) is 4. The van der Waals surface area contributed by atoms with E-state index in [1.165, 1.54) is 17.2 Å². The third-order valence-electron chi connectivity index (χ3n) is 2.38. The fourth-order valence-electron chi connectivity index (χ4n) is 1.52. The summed E-state index contributed by atoms with van der Waals surface area (Å²) in [5.74, 6) is 0.735. The zero-order chi connectivity index (χ0) is 13.1. The highest BCUT2D eigenvalue weighted by Gasteiger charge is 2.10. The van der Waals surface area contributed by atoms with Crippen molar-refractivity contribution in [1.29, 1.82) is 0 Å². The summed E-state index contributed by atoms with van der Waals surface area (Å²) in [6.07, 6.45) is 3.88. The van der Waals surface area contributed by atoms with Gasteiger partial charge >= 0.3 is 0 Å². The van der Waals surface area contributed by atoms with Gasteiger partial charge in [0, 0.05) is 6.54 Å². The molecular weight excluding hydrogens is 369 g/mol. The van der Waals surface area contributed by atoms with Crippen LogP contribution in [0.1, 0.15) is 19.2 Å². The van der Waals surface area contributed by atoms with Gasteiger partial charge in [-0.2, -0.15) is 5.10 Å². The molecule has 0 radical (unpaired) electrons. The van der Waals surface area contributed by atoms with Gasteiger partial charge in [0.05, 0.1) is 12.9 Å². The van der Waals surface area contributed by atoms with Crippen LogP contribution in [0.4, 0.5) is 0 Å². The topological polar surface area (TPSA) is 65.6 Å². The van der Waals surface area contributed by atoms with Crippen LogP contribution in [0.2, 0.25) is 5.15 Å². The lowest BCUT2D eigenvalue weighted by Gasteiger charge is -2.07. The molecule has 2 rings (SSSR count). The van der Waals surface area contributed by atoms with Gasteiger partial charge in [-0.1, -0.05) is 18.5 Å². The molecule has 0 N–H and O–H groups in total. The highest BCUT2D eigenvalue weighted by Crippen LogP contribution is 2.09. The predicted molar refractivity (Wildman–Crippen MR) is 75.6 cm³/mol. The van der Waals surface area contributed by atoms with E-state index >= 15 is 0 Å². The first kappa shape index (κ1) is 13.5. The minimum Gasteiger partial charge on any atom is -0.291 e. The average molecular weight is 380 g/mol. The first-order chi connectivity index (χ1) is 8.63. The number of halogens is 2. The molecule has 0 atom stereocenters. The molecule has 18 heavy (non-hydrogen) atoms. The second-order valence-electron chi connectivity index (χ2n) is 3.68. The van der Waals surface area contributed by atoms with Gasteiger partial charge in [0.15, 0.2) is 0 Å². The van der Waals surface area contributed by atoms with E-state index < -0.39 is 0 Å². The Bertz CT molecular complexity index is 609. The van der Waals surface area contributed by atoms with E-state index in [2.05, 4.69) is 22.0 Å². The SMILES string of the molecule is CCCn1ncnc1Cn1cnc(Cl)c(I)c1=O. The Labute approximate surface area is 122 Å². The van der Waals surface area contributed by atoms with Crippen molar-refractivity contribution in [2.45, 2.75) is 26.4 Å². The van der Waals surface area contributed by atoms with Crippen LogP contribution in [0, 0.1) is 3.57 Å². The number of hydrogen-bond donors (Lipinski definition) is 0. The molecule has 8 heteroatoms. The molecule has 0 fully saturated rings. The van der Waals surface area contributed by atoms with Crippen molar-refractivity contribution in [2.24, 2.45) is 0 Å². The van der Waals surface area contributed by atoms with E-state index in [1.807, 2.05) is 22.6 Å². The first-order valence-corrected chi connectivity index (χ1v) is 6.86. The molecule has 2 aromatic heterocycles. The summed E-state index contributed by atoms with van der Waals surface area (Å²) in [4.78, 5) is 20.1. The Morgan fingerprint density at radius 1 is 1.44 bits per heavy atom. The third kappa shape index (κ3) is 2.72. The van der Waals surface area contributed by atoms with Crippen LogP contribution in [-0.2, 0) is 13.1 Å². The number of aromatic nitrogens is 5. The monoisotopic (exact) mass is 379 g/mol. The fraction of sp³-hybridized carbons (Fsp3) is 0.400. The third-order valence-corrected chi connectivity index (χ3v) is 3.96. The van der Waals surface area contributed by atoms with Crippen molar-refractivity contribution >= 4 is 34.2 Å². The van der Waals surface area contributed by atoms with Crippen LogP contribution in [0.25, 0.3) is 0 Å². The summed E-state index contributed by atoms with van der Waals surface area (Å²) in [6, 6.07) is 0. The van der Waals surface area contributed by atoms with Gasteiger partial charge in [-0.15, -0.1) is 0 Å². The minimum atomic E-state index is -0.165. The number of rotatable bonds is 4.